The molecule has 1 N–H and O–H groups in total. The predicted octanol–water partition coefficient (Wildman–Crippen LogP) is 2.58. The van der Waals surface area contributed by atoms with Gasteiger partial charge in [0.2, 0.25) is 0 Å². The summed E-state index contributed by atoms with van der Waals surface area (Å²) in [5.74, 6) is 0.695. The second kappa shape index (κ2) is 6.15. The van der Waals surface area contributed by atoms with Gasteiger partial charge < -0.3 is 15.0 Å². The van der Waals surface area contributed by atoms with Gasteiger partial charge in [0.1, 0.15) is 0 Å². The highest BCUT2D eigenvalue weighted by atomic mass is 16.5. The smallest absolute Gasteiger partial charge is 0.0613 e. The Morgan fingerprint density at radius 1 is 1.40 bits per heavy atom. The first kappa shape index (κ1) is 13.9. The van der Waals surface area contributed by atoms with Crippen molar-refractivity contribution < 1.29 is 4.74 Å². The summed E-state index contributed by atoms with van der Waals surface area (Å²) in [4.78, 5) is 2.34. The number of ether oxygens (including phenoxy) is 1. The molecule has 2 aliphatic heterocycles. The van der Waals surface area contributed by atoms with Crippen LogP contribution in [0.2, 0.25) is 0 Å². The summed E-state index contributed by atoms with van der Waals surface area (Å²) >= 11 is 0. The van der Waals surface area contributed by atoms with Crippen LogP contribution in [-0.4, -0.2) is 32.8 Å². The lowest BCUT2D eigenvalue weighted by molar-refractivity contribution is 0.0872. The molecular weight excluding hydrogens is 248 g/mol. The monoisotopic (exact) mass is 274 g/mol. The molecule has 2 atom stereocenters. The molecule has 1 aromatic rings. The van der Waals surface area contributed by atoms with Crippen molar-refractivity contribution in [2.45, 2.75) is 38.8 Å². The van der Waals surface area contributed by atoms with Crippen LogP contribution in [0, 0.1) is 5.92 Å². The van der Waals surface area contributed by atoms with Gasteiger partial charge in [-0.3, -0.25) is 0 Å². The van der Waals surface area contributed by atoms with E-state index in [-0.39, 0.29) is 0 Å². The van der Waals surface area contributed by atoms with E-state index in [1.165, 1.54) is 29.7 Å². The maximum atomic E-state index is 5.74. The van der Waals surface area contributed by atoms with Crippen molar-refractivity contribution in [2.24, 2.45) is 5.92 Å². The van der Waals surface area contributed by atoms with E-state index in [4.69, 9.17) is 4.74 Å². The van der Waals surface area contributed by atoms with Crippen LogP contribution in [0.25, 0.3) is 0 Å². The number of anilines is 1. The highest BCUT2D eigenvalue weighted by molar-refractivity contribution is 5.58. The molecule has 0 saturated carbocycles. The minimum Gasteiger partial charge on any atom is -0.378 e. The summed E-state index contributed by atoms with van der Waals surface area (Å²) in [6.45, 7) is 6.37. The Balaban J connectivity index is 1.52. The summed E-state index contributed by atoms with van der Waals surface area (Å²) in [6, 6.07) is 6.90. The van der Waals surface area contributed by atoms with Crippen LogP contribution in [0.3, 0.4) is 0 Å². The van der Waals surface area contributed by atoms with Gasteiger partial charge in [0.15, 0.2) is 0 Å². The van der Waals surface area contributed by atoms with Crippen molar-refractivity contribution in [3.05, 3.63) is 29.3 Å². The minimum atomic E-state index is 0.469. The molecule has 0 bridgehead atoms. The Kier molecular flexibility index (Phi) is 4.27. The fourth-order valence-corrected chi connectivity index (χ4v) is 3.51. The lowest BCUT2D eigenvalue weighted by atomic mass is 9.99. The first-order valence-corrected chi connectivity index (χ1v) is 7.93. The van der Waals surface area contributed by atoms with Gasteiger partial charge in [-0.15, -0.1) is 0 Å². The van der Waals surface area contributed by atoms with Crippen molar-refractivity contribution in [3.8, 4) is 0 Å². The number of fused-ring (bicyclic) bond motifs is 1. The highest BCUT2D eigenvalue weighted by Crippen LogP contribution is 2.27. The van der Waals surface area contributed by atoms with Crippen LogP contribution in [-0.2, 0) is 17.7 Å². The molecule has 2 unspecified atom stereocenters. The molecule has 1 saturated heterocycles. The fraction of sp³-hybridized carbons (Fsp3) is 0.647. The largest absolute Gasteiger partial charge is 0.378 e. The van der Waals surface area contributed by atoms with Crippen molar-refractivity contribution in [1.82, 2.24) is 5.32 Å². The summed E-state index contributed by atoms with van der Waals surface area (Å²) in [7, 11) is 2.18. The number of rotatable bonds is 5. The van der Waals surface area contributed by atoms with Crippen LogP contribution in [0.1, 0.15) is 30.9 Å². The Labute approximate surface area is 122 Å². The van der Waals surface area contributed by atoms with Gasteiger partial charge in [0.25, 0.3) is 0 Å². The molecule has 3 rings (SSSR count). The predicted molar refractivity (Wildman–Crippen MR) is 83.3 cm³/mol. The summed E-state index contributed by atoms with van der Waals surface area (Å²) in [5.41, 5.74) is 4.32. The number of benzene rings is 1. The molecule has 0 radical (unpaired) electrons. The third kappa shape index (κ3) is 2.84. The number of nitrogens with zero attached hydrogens (tertiary/aromatic N) is 1. The number of hydrogen-bond acceptors (Lipinski definition) is 3. The molecule has 2 aliphatic rings. The molecule has 20 heavy (non-hydrogen) atoms. The normalized spacial score (nSPS) is 25.2. The quantitative estimate of drug-likeness (QED) is 0.893. The molecule has 0 aromatic heterocycles. The van der Waals surface area contributed by atoms with E-state index < -0.39 is 0 Å². The van der Waals surface area contributed by atoms with Gasteiger partial charge in [-0.25, -0.2) is 0 Å². The maximum Gasteiger partial charge on any atom is 0.0613 e. The average Bonchev–Trinajstić information content (AvgIpc) is 3.06. The SMILES string of the molecule is CCC1OCCC1CNCc1ccc2c(c1)CCN2C. The Morgan fingerprint density at radius 3 is 3.15 bits per heavy atom. The summed E-state index contributed by atoms with van der Waals surface area (Å²) in [5, 5.41) is 3.62. The minimum absolute atomic E-state index is 0.469. The van der Waals surface area contributed by atoms with E-state index in [2.05, 4.69) is 42.4 Å². The zero-order valence-electron chi connectivity index (χ0n) is 12.7. The zero-order valence-corrected chi connectivity index (χ0v) is 12.7. The topological polar surface area (TPSA) is 24.5 Å². The van der Waals surface area contributed by atoms with Gasteiger partial charge in [-0.1, -0.05) is 19.1 Å². The third-order valence-corrected chi connectivity index (χ3v) is 4.76. The molecule has 3 heteroatoms. The molecule has 1 fully saturated rings. The molecule has 0 aliphatic carbocycles. The number of likely N-dealkylation sites (N-methyl/N-ethyl adjacent to an activating group) is 1. The first-order chi connectivity index (χ1) is 9.78. The number of nitrogens with one attached hydrogen (secondary N) is 1. The summed E-state index contributed by atoms with van der Waals surface area (Å²) < 4.78 is 5.74. The van der Waals surface area contributed by atoms with Crippen LogP contribution in [0.5, 0.6) is 0 Å². The summed E-state index contributed by atoms with van der Waals surface area (Å²) in [6.07, 6.45) is 4.00. The second-order valence-electron chi connectivity index (χ2n) is 6.13. The van der Waals surface area contributed by atoms with Crippen LogP contribution < -0.4 is 10.2 Å². The fourth-order valence-electron chi connectivity index (χ4n) is 3.51. The standard InChI is InChI=1S/C17H26N2O/c1-3-17-15(7-9-20-17)12-18-11-13-4-5-16-14(10-13)6-8-19(16)2/h4-5,10,15,17-18H,3,6-9,11-12H2,1-2H3. The lowest BCUT2D eigenvalue weighted by Gasteiger charge is -2.17. The van der Waals surface area contributed by atoms with Gasteiger partial charge in [-0.05, 0) is 42.4 Å². The van der Waals surface area contributed by atoms with Crippen LogP contribution >= 0.6 is 0 Å². The second-order valence-corrected chi connectivity index (χ2v) is 6.13. The van der Waals surface area contributed by atoms with Gasteiger partial charge >= 0.3 is 0 Å². The molecule has 110 valence electrons. The van der Waals surface area contributed by atoms with E-state index >= 15 is 0 Å². The van der Waals surface area contributed by atoms with Crippen molar-refractivity contribution in [3.63, 3.8) is 0 Å². The van der Waals surface area contributed by atoms with Crippen molar-refractivity contribution in [2.75, 3.05) is 31.6 Å². The Hall–Kier alpha value is -1.06. The van der Waals surface area contributed by atoms with Gasteiger partial charge in [0.05, 0.1) is 6.10 Å². The van der Waals surface area contributed by atoms with E-state index in [1.807, 2.05) is 0 Å². The molecule has 3 nitrogen and oxygen atoms in total. The molecular formula is C17H26N2O. The third-order valence-electron chi connectivity index (χ3n) is 4.76. The lowest BCUT2D eigenvalue weighted by Crippen LogP contribution is -2.27. The van der Waals surface area contributed by atoms with Crippen molar-refractivity contribution >= 4 is 5.69 Å². The van der Waals surface area contributed by atoms with Gasteiger partial charge in [-0.2, -0.15) is 0 Å². The van der Waals surface area contributed by atoms with Crippen LogP contribution in [0.4, 0.5) is 5.69 Å². The molecule has 1 aromatic carbocycles. The van der Waals surface area contributed by atoms with Crippen LogP contribution in [0.15, 0.2) is 18.2 Å². The Morgan fingerprint density at radius 2 is 2.30 bits per heavy atom. The van der Waals surface area contributed by atoms with Crippen molar-refractivity contribution in [1.29, 1.82) is 0 Å². The Bertz CT molecular complexity index is 460. The van der Waals surface area contributed by atoms with E-state index in [0.29, 0.717) is 12.0 Å². The average molecular weight is 274 g/mol. The molecule has 0 spiro atoms. The van der Waals surface area contributed by atoms with Gasteiger partial charge in [0, 0.05) is 39.0 Å². The van der Waals surface area contributed by atoms with E-state index in [1.54, 1.807) is 0 Å². The highest BCUT2D eigenvalue weighted by Gasteiger charge is 2.26. The van der Waals surface area contributed by atoms with E-state index in [9.17, 15) is 0 Å². The zero-order chi connectivity index (χ0) is 13.9. The van der Waals surface area contributed by atoms with E-state index in [0.717, 1.165) is 32.7 Å². The molecule has 2 heterocycles. The first-order valence-electron chi connectivity index (χ1n) is 7.93. The molecule has 0 amide bonds. The maximum absolute atomic E-state index is 5.74. The number of hydrogen-bond donors (Lipinski definition) is 1.